The molecule has 0 atom stereocenters. The van der Waals surface area contributed by atoms with E-state index in [1.165, 1.54) is 18.3 Å². The monoisotopic (exact) mass is 1050 g/mol. The first kappa shape index (κ1) is 35.1. The smallest absolute Gasteiger partial charge is 0.120 e. The number of hydrogen-bond donors (Lipinski definition) is 0. The van der Waals surface area contributed by atoms with Crippen molar-refractivity contribution in [1.82, 2.24) is 9.97 Å². The van der Waals surface area contributed by atoms with E-state index in [-0.39, 0.29) is 71.1 Å². The van der Waals surface area contributed by atoms with Gasteiger partial charge in [-0.2, -0.15) is 0 Å². The number of hydrogen-bond acceptors (Lipinski definition) is 3. The molecule has 3 nitrogen and oxygen atoms in total. The number of aryl methyl sites for hydroxylation is 3. The van der Waals surface area contributed by atoms with Crippen molar-refractivity contribution in [1.29, 1.82) is 0 Å². The van der Waals surface area contributed by atoms with Crippen LogP contribution >= 0.6 is 0 Å². The summed E-state index contributed by atoms with van der Waals surface area (Å²) in [5, 5.41) is 1.76. The molecule has 0 aliphatic heterocycles. The fourth-order valence-electron chi connectivity index (χ4n) is 8.83. The van der Waals surface area contributed by atoms with Crippen LogP contribution in [0, 0.1) is 38.1 Å². The fourth-order valence-corrected chi connectivity index (χ4v) is 8.83. The van der Waals surface area contributed by atoms with Gasteiger partial charge in [-0.05, 0) is 135 Å². The molecule has 0 unspecified atom stereocenters. The molecule has 1 radical (unpaired) electrons. The van der Waals surface area contributed by atoms with E-state index in [4.69, 9.17) is 18.1 Å². The summed E-state index contributed by atoms with van der Waals surface area (Å²) in [6.45, 7) is 11.9. The van der Waals surface area contributed by atoms with Gasteiger partial charge in [-0.1, -0.05) is 158 Å². The summed E-state index contributed by atoms with van der Waals surface area (Å²) in [4.78, 5) is 9.16. The molecule has 0 amide bonds. The first-order chi connectivity index (χ1) is 34.9. The van der Waals surface area contributed by atoms with Gasteiger partial charge < -0.3 is 14.4 Å². The molecule has 1 saturated carbocycles. The van der Waals surface area contributed by atoms with E-state index >= 15 is 0 Å². The largest absolute Gasteiger partial charge is 0.501 e. The molecule has 1 fully saturated rings. The zero-order chi connectivity index (χ0) is 54.8. The molecular weight excluding hydrogens is 969 g/mol. The Labute approximate surface area is 418 Å². The molecule has 0 N–H and O–H groups in total. The van der Waals surface area contributed by atoms with E-state index in [2.05, 4.69) is 109 Å². The molecule has 9 rings (SSSR count). The van der Waals surface area contributed by atoms with Crippen molar-refractivity contribution in [3.05, 3.63) is 167 Å². The Kier molecular flexibility index (Phi) is 10.5. The molecule has 337 valence electrons. The minimum Gasteiger partial charge on any atom is -0.501 e. The van der Waals surface area contributed by atoms with Gasteiger partial charge in [0, 0.05) is 51.6 Å². The molecule has 8 aromatic rings. The van der Waals surface area contributed by atoms with Crippen LogP contribution in [-0.2, 0) is 25.5 Å². The van der Waals surface area contributed by atoms with Crippen LogP contribution < -0.4 is 0 Å². The van der Waals surface area contributed by atoms with Crippen molar-refractivity contribution in [2.24, 2.45) is 5.41 Å². The van der Waals surface area contributed by atoms with Crippen LogP contribution in [-0.4, -0.2) is 9.97 Å². The third-order valence-electron chi connectivity index (χ3n) is 12.8. The third kappa shape index (κ3) is 10.2. The number of para-hydroxylation sites is 1. The van der Waals surface area contributed by atoms with Gasteiger partial charge in [0.2, 0.25) is 0 Å². The molecule has 0 spiro atoms. The van der Waals surface area contributed by atoms with Gasteiger partial charge in [0.25, 0.3) is 0 Å². The van der Waals surface area contributed by atoms with Gasteiger partial charge in [0.1, 0.15) is 5.58 Å². The van der Waals surface area contributed by atoms with Gasteiger partial charge in [0.05, 0.1) is 6.95 Å². The maximum atomic E-state index is 9.24. The number of benzene rings is 5. The van der Waals surface area contributed by atoms with Crippen LogP contribution in [0.3, 0.4) is 0 Å². The van der Waals surface area contributed by atoms with Crippen molar-refractivity contribution in [2.75, 3.05) is 0 Å². The van der Waals surface area contributed by atoms with Crippen molar-refractivity contribution >= 4 is 21.9 Å². The third-order valence-corrected chi connectivity index (χ3v) is 12.8. The number of furan rings is 1. The van der Waals surface area contributed by atoms with E-state index in [9.17, 15) is 1.37 Å². The van der Waals surface area contributed by atoms with Gasteiger partial charge in [0.15, 0.2) is 0 Å². The molecule has 0 saturated heterocycles. The van der Waals surface area contributed by atoms with Crippen molar-refractivity contribution < 1.29 is 39.6 Å². The summed E-state index contributed by atoms with van der Waals surface area (Å²) in [5.74, 6) is -0.485. The predicted octanol–water partition coefficient (Wildman–Crippen LogP) is 17.5. The molecule has 1 aliphatic carbocycles. The van der Waals surface area contributed by atoms with E-state index in [0.29, 0.717) is 46.4 Å². The predicted molar refractivity (Wildman–Crippen MR) is 271 cm³/mol. The standard InChI is InChI=1S/C33H32NO.C28H34N.Ir/c1-21-18-24(23-14-16-33(3,4)17-15-23)12-13-25(21)29-19-30(34-20-22(29)2)28-10-7-9-27-26-8-5-6-11-31(26)35-32(27)28;1-18(2)23-10-9-11-24(19(3)4)27(23)25-16-21(13-12-20(25)5)26-15-14-22(17-29-26)28(6,7)8;/h5-9,11-13,18-20,23H,14-17H2,1-4H3;9-12,14-19H,1-8H3;/q2*-1;/i1D3,2D3,13D,23D;5D3;. The van der Waals surface area contributed by atoms with Gasteiger partial charge in [-0.25, -0.2) is 0 Å². The second kappa shape index (κ2) is 19.4. The summed E-state index contributed by atoms with van der Waals surface area (Å²) >= 11 is 0. The molecular formula is C61H66IrN2O-2. The molecule has 3 heterocycles. The van der Waals surface area contributed by atoms with Crippen LogP contribution in [0.4, 0.5) is 0 Å². The Bertz CT molecular complexity index is 3360. The quantitative estimate of drug-likeness (QED) is 0.149. The maximum Gasteiger partial charge on any atom is 0.120 e. The van der Waals surface area contributed by atoms with Gasteiger partial charge >= 0.3 is 0 Å². The number of pyridine rings is 2. The van der Waals surface area contributed by atoms with Gasteiger partial charge in [-0.15, -0.1) is 47.5 Å². The topological polar surface area (TPSA) is 38.9 Å². The minimum atomic E-state index is -2.66. The number of rotatable bonds is 7. The van der Waals surface area contributed by atoms with E-state index in [1.54, 1.807) is 18.2 Å². The number of nitrogens with zero attached hydrogens (tertiary/aromatic N) is 2. The Morgan fingerprint density at radius 2 is 1.45 bits per heavy atom. The van der Waals surface area contributed by atoms with Crippen LogP contribution in [0.5, 0.6) is 0 Å². The average molecular weight is 1050 g/mol. The second-order valence-electron chi connectivity index (χ2n) is 19.7. The fraction of sp³-hybridized carbons (Fsp3) is 0.344. The molecule has 0 bridgehead atoms. The molecule has 4 heteroatoms. The maximum absolute atomic E-state index is 9.24. The SMILES string of the molecule is [2H]C([2H])([2H])c1c[c-]c(-c2ccc(C(C)(C)C)cn2)cc1-c1c(C(C)C)cccc1C(C)C.[2H]c1cc(C2([2H])CCC(C)(C)CC2)cc(C([2H])([2H])[2H])c1-c1cc(-c2[c-]ccc3c2oc2ccccc23)ncc1C([2H])([2H])[2H].[Ir]. The van der Waals surface area contributed by atoms with Crippen molar-refractivity contribution in [3.63, 3.8) is 0 Å². The zero-order valence-corrected chi connectivity index (χ0v) is 41.4. The summed E-state index contributed by atoms with van der Waals surface area (Å²) in [5.41, 5.74) is 9.68. The van der Waals surface area contributed by atoms with Crippen LogP contribution in [0.1, 0.15) is 160 Å². The first-order valence-corrected chi connectivity index (χ1v) is 22.5. The molecule has 65 heavy (non-hydrogen) atoms. The zero-order valence-electron chi connectivity index (χ0n) is 50.0. The number of aromatic nitrogens is 2. The first-order valence-electron chi connectivity index (χ1n) is 28.0. The van der Waals surface area contributed by atoms with Gasteiger partial charge in [-0.3, -0.25) is 0 Å². The van der Waals surface area contributed by atoms with Crippen molar-refractivity contribution in [3.8, 4) is 44.8 Å². The summed E-state index contributed by atoms with van der Waals surface area (Å²) in [6.07, 6.45) is 5.87. The Morgan fingerprint density at radius 1 is 0.738 bits per heavy atom. The van der Waals surface area contributed by atoms with E-state index in [0.717, 1.165) is 62.7 Å². The molecule has 3 aromatic heterocycles. The molecule has 5 aromatic carbocycles. The summed E-state index contributed by atoms with van der Waals surface area (Å²) < 4.78 is 99.0. The van der Waals surface area contributed by atoms with Crippen molar-refractivity contribution in [2.45, 2.75) is 132 Å². The van der Waals surface area contributed by atoms with Crippen LogP contribution in [0.25, 0.3) is 66.7 Å². The second-order valence-corrected chi connectivity index (χ2v) is 19.7. The van der Waals surface area contributed by atoms with Crippen LogP contribution in [0.15, 0.2) is 120 Å². The molecule has 1 aliphatic rings. The number of fused-ring (bicyclic) bond motifs is 3. The Balaban J connectivity index is 0.000000228. The normalized spacial score (nSPS) is 17.7. The summed E-state index contributed by atoms with van der Waals surface area (Å²) in [6, 6.07) is 36.1. The summed E-state index contributed by atoms with van der Waals surface area (Å²) in [7, 11) is 0. The Morgan fingerprint density at radius 3 is 2.11 bits per heavy atom. The van der Waals surface area contributed by atoms with E-state index < -0.39 is 26.4 Å². The Hall–Kier alpha value is -5.15. The van der Waals surface area contributed by atoms with E-state index in [1.807, 2.05) is 48.7 Å². The average Bonchev–Trinajstić information content (AvgIpc) is 3.72. The minimum absolute atomic E-state index is 0. The van der Waals surface area contributed by atoms with Crippen LogP contribution in [0.2, 0.25) is 0 Å².